The van der Waals surface area contributed by atoms with Gasteiger partial charge in [-0.3, -0.25) is 0 Å². The maximum absolute atomic E-state index is 3.35. The summed E-state index contributed by atoms with van der Waals surface area (Å²) in [7, 11) is 0. The van der Waals surface area contributed by atoms with Gasteiger partial charge in [0.2, 0.25) is 0 Å². The Kier molecular flexibility index (Phi) is 3.68. The summed E-state index contributed by atoms with van der Waals surface area (Å²) < 4.78 is 2.10. The van der Waals surface area contributed by atoms with E-state index in [0.717, 1.165) is 12.2 Å². The average Bonchev–Trinajstić information content (AvgIpc) is 2.74. The van der Waals surface area contributed by atoms with Crippen molar-refractivity contribution in [3.05, 3.63) is 65.7 Å². The van der Waals surface area contributed by atoms with Crippen molar-refractivity contribution in [3.63, 3.8) is 0 Å². The van der Waals surface area contributed by atoms with E-state index < -0.39 is 0 Å². The van der Waals surface area contributed by atoms with Crippen molar-refractivity contribution in [1.82, 2.24) is 0 Å². The molecule has 2 aromatic rings. The van der Waals surface area contributed by atoms with Crippen molar-refractivity contribution in [2.24, 2.45) is 0 Å². The summed E-state index contributed by atoms with van der Waals surface area (Å²) in [5, 5.41) is 0. The number of hydrogen-bond donors (Lipinski definition) is 0. The zero-order valence-electron chi connectivity index (χ0n) is 8.85. The number of fused-ring (bicyclic) bond motifs is 1. The Morgan fingerprint density at radius 3 is 2.56 bits per heavy atom. The summed E-state index contributed by atoms with van der Waals surface area (Å²) in [5.74, 6) is 0. The van der Waals surface area contributed by atoms with Gasteiger partial charge in [-0.2, -0.15) is 24.3 Å². The van der Waals surface area contributed by atoms with Gasteiger partial charge < -0.3 is 4.58 Å². The van der Waals surface area contributed by atoms with Gasteiger partial charge in [-0.1, -0.05) is 23.3 Å². The van der Waals surface area contributed by atoms with Gasteiger partial charge in [0, 0.05) is 38.4 Å². The maximum Gasteiger partial charge on any atom is 0.151 e. The molecule has 0 bridgehead atoms. The van der Waals surface area contributed by atoms with Crippen LogP contribution in [-0.4, -0.2) is 10.8 Å². The molecule has 0 amide bonds. The van der Waals surface area contributed by atoms with E-state index in [2.05, 4.69) is 41.1 Å². The van der Waals surface area contributed by atoms with E-state index in [1.165, 1.54) is 11.1 Å². The van der Waals surface area contributed by atoms with Crippen molar-refractivity contribution in [1.29, 1.82) is 0 Å². The molecule has 0 saturated heterocycles. The fourth-order valence-electron chi connectivity index (χ4n) is 1.82. The number of benzene rings is 2. The minimum Gasteiger partial charge on any atom is -0.300 e. The van der Waals surface area contributed by atoms with Crippen LogP contribution in [0.2, 0.25) is 0 Å². The second-order valence-corrected chi connectivity index (χ2v) is 3.60. The summed E-state index contributed by atoms with van der Waals surface area (Å²) in [6, 6.07) is 19.6. The van der Waals surface area contributed by atoms with Crippen molar-refractivity contribution in [2.75, 3.05) is 0 Å². The van der Waals surface area contributed by atoms with Crippen molar-refractivity contribution in [3.8, 4) is 0 Å². The van der Waals surface area contributed by atoms with Crippen LogP contribution in [0.4, 0.5) is 5.69 Å². The fourth-order valence-corrected chi connectivity index (χ4v) is 1.82. The molecule has 2 heteroatoms. The summed E-state index contributed by atoms with van der Waals surface area (Å²) in [6.45, 7) is 0.899. The Balaban J connectivity index is 0.000000963. The summed E-state index contributed by atoms with van der Waals surface area (Å²) >= 11 is 0. The molecule has 0 spiro atoms. The average molecular weight is 281 g/mol. The van der Waals surface area contributed by atoms with E-state index >= 15 is 0 Å². The van der Waals surface area contributed by atoms with Gasteiger partial charge in [-0.15, -0.1) is 18.2 Å². The van der Waals surface area contributed by atoms with Gasteiger partial charge in [0.05, 0.1) is 0 Å². The van der Waals surface area contributed by atoms with Crippen LogP contribution in [0.25, 0.3) is 0 Å². The molecule has 75 valence electrons. The SMILES string of the molecule is [C-]1=[N+](c2[c-]cccc2)Cc2ccccc21.[Y]. The van der Waals surface area contributed by atoms with E-state index in [4.69, 9.17) is 0 Å². The van der Waals surface area contributed by atoms with Gasteiger partial charge in [0.1, 0.15) is 6.54 Å². The predicted octanol–water partition coefficient (Wildman–Crippen LogP) is 2.64. The first-order chi connectivity index (χ1) is 7.43. The van der Waals surface area contributed by atoms with E-state index in [0.29, 0.717) is 0 Å². The van der Waals surface area contributed by atoms with Gasteiger partial charge in [0.25, 0.3) is 0 Å². The number of para-hydroxylation sites is 1. The Morgan fingerprint density at radius 2 is 1.81 bits per heavy atom. The summed E-state index contributed by atoms with van der Waals surface area (Å²) in [5.41, 5.74) is 3.60. The van der Waals surface area contributed by atoms with Gasteiger partial charge in [0.15, 0.2) is 6.21 Å². The standard InChI is InChI=1S/C14H10N.Y/c1-2-8-14(9-3-1)15-10-12-6-4-5-7-13(12)11-15;/h1-8H,10H2;/q-1;. The molecular weight excluding hydrogens is 271 g/mol. The van der Waals surface area contributed by atoms with Gasteiger partial charge in [-0.25, -0.2) is 0 Å². The molecule has 1 aliphatic heterocycles. The number of nitrogens with zero attached hydrogens (tertiary/aromatic N) is 1. The molecule has 0 saturated carbocycles. The van der Waals surface area contributed by atoms with Crippen LogP contribution < -0.4 is 0 Å². The maximum atomic E-state index is 3.35. The Morgan fingerprint density at radius 1 is 1.00 bits per heavy atom. The predicted molar refractivity (Wildman–Crippen MR) is 59.5 cm³/mol. The minimum absolute atomic E-state index is 0. The Bertz CT molecular complexity index is 517. The first-order valence-electron chi connectivity index (χ1n) is 5.02. The number of hydrogen-bond acceptors (Lipinski definition) is 0. The molecule has 0 aliphatic carbocycles. The zero-order valence-corrected chi connectivity index (χ0v) is 11.7. The molecule has 0 aromatic heterocycles. The second kappa shape index (κ2) is 5.03. The third-order valence-electron chi connectivity index (χ3n) is 2.58. The first kappa shape index (κ1) is 11.7. The van der Waals surface area contributed by atoms with Crippen molar-refractivity contribution in [2.45, 2.75) is 6.54 Å². The van der Waals surface area contributed by atoms with Crippen LogP contribution >= 0.6 is 0 Å². The molecule has 0 unspecified atom stereocenters. The second-order valence-electron chi connectivity index (χ2n) is 3.60. The molecule has 1 radical (unpaired) electrons. The molecule has 0 atom stereocenters. The van der Waals surface area contributed by atoms with Crippen LogP contribution in [0.5, 0.6) is 0 Å². The first-order valence-corrected chi connectivity index (χ1v) is 5.02. The zero-order chi connectivity index (χ0) is 10.1. The van der Waals surface area contributed by atoms with Gasteiger partial charge in [-0.05, 0) is 0 Å². The van der Waals surface area contributed by atoms with E-state index in [1.807, 2.05) is 24.3 Å². The molecule has 2 aromatic carbocycles. The minimum atomic E-state index is 0. The smallest absolute Gasteiger partial charge is 0.151 e. The van der Waals surface area contributed by atoms with Crippen molar-refractivity contribution >= 4 is 11.9 Å². The van der Waals surface area contributed by atoms with Crippen LogP contribution in [0.3, 0.4) is 0 Å². The topological polar surface area (TPSA) is 3.01 Å². The quantitative estimate of drug-likeness (QED) is 0.558. The van der Waals surface area contributed by atoms with E-state index in [-0.39, 0.29) is 32.7 Å². The van der Waals surface area contributed by atoms with Crippen LogP contribution in [0.1, 0.15) is 11.1 Å². The monoisotopic (exact) mass is 281 g/mol. The molecule has 16 heavy (non-hydrogen) atoms. The fraction of sp³-hybridized carbons (Fsp3) is 0.0714. The summed E-state index contributed by atoms with van der Waals surface area (Å²) in [6.07, 6.45) is 3.35. The van der Waals surface area contributed by atoms with Crippen LogP contribution in [0.15, 0.2) is 48.5 Å². The van der Waals surface area contributed by atoms with Gasteiger partial charge >= 0.3 is 0 Å². The molecule has 1 heterocycles. The molecule has 0 N–H and O–H groups in total. The third kappa shape index (κ3) is 2.16. The van der Waals surface area contributed by atoms with E-state index in [1.54, 1.807) is 0 Å². The third-order valence-corrected chi connectivity index (χ3v) is 2.58. The van der Waals surface area contributed by atoms with Crippen LogP contribution in [-0.2, 0) is 39.3 Å². The normalized spacial score (nSPS) is 12.6. The molecular formula is C14H10NY-. The summed E-state index contributed by atoms with van der Waals surface area (Å²) in [4.78, 5) is 0. The Labute approximate surface area is 121 Å². The van der Waals surface area contributed by atoms with Crippen LogP contribution in [0, 0.1) is 6.07 Å². The molecule has 1 aliphatic rings. The largest absolute Gasteiger partial charge is 0.300 e. The van der Waals surface area contributed by atoms with E-state index in [9.17, 15) is 0 Å². The molecule has 3 rings (SSSR count). The Hall–Kier alpha value is -0.786. The van der Waals surface area contributed by atoms with Crippen molar-refractivity contribution < 1.29 is 37.3 Å². The molecule has 1 nitrogen and oxygen atoms in total. The number of rotatable bonds is 1. The molecule has 0 fully saturated rings.